The summed E-state index contributed by atoms with van der Waals surface area (Å²) in [5, 5.41) is 3.42. The van der Waals surface area contributed by atoms with Gasteiger partial charge in [0.15, 0.2) is 11.5 Å². The van der Waals surface area contributed by atoms with Crippen molar-refractivity contribution in [3.05, 3.63) is 17.7 Å². The fourth-order valence-corrected chi connectivity index (χ4v) is 4.24. The molecule has 1 amide bonds. The first-order valence-electron chi connectivity index (χ1n) is 7.93. The minimum Gasteiger partial charge on any atom is -0.493 e. The van der Waals surface area contributed by atoms with E-state index in [2.05, 4.69) is 5.32 Å². The third kappa shape index (κ3) is 4.97. The molecule has 1 unspecified atom stereocenters. The molecule has 5 nitrogen and oxygen atoms in total. The van der Waals surface area contributed by atoms with Crippen molar-refractivity contribution in [1.82, 2.24) is 10.2 Å². The summed E-state index contributed by atoms with van der Waals surface area (Å²) in [7, 11) is 5.12. The Hall–Kier alpha value is -1.05. The van der Waals surface area contributed by atoms with Crippen LogP contribution in [0.15, 0.2) is 17.0 Å². The first-order valence-corrected chi connectivity index (χ1v) is 10.3. The number of carbonyl (C=O) groups excluding carboxylic acids is 1. The maximum Gasteiger partial charge on any atom is 0.224 e. The van der Waals surface area contributed by atoms with E-state index in [1.165, 1.54) is 0 Å². The predicted octanol–water partition coefficient (Wildman–Crippen LogP) is 2.48. The highest BCUT2D eigenvalue weighted by atomic mass is 32.2. The minimum absolute atomic E-state index is 0.164. The van der Waals surface area contributed by atoms with Gasteiger partial charge in [-0.2, -0.15) is 11.8 Å². The molecule has 1 fully saturated rings. The average Bonchev–Trinajstić information content (AvgIpc) is 2.61. The standard InChI is InChI=1S/C17H26N2O3S2/c1-19(17(20)8-13-11-24-6-5-18-13)10-12-7-14(21-2)15(22-3)9-16(12)23-4/h7,9,13,18H,5-6,8,10-11H2,1-4H3. The van der Waals surface area contributed by atoms with E-state index in [9.17, 15) is 4.79 Å². The second-order valence-electron chi connectivity index (χ2n) is 5.70. The molecule has 1 N–H and O–H groups in total. The molecule has 0 saturated carbocycles. The molecule has 0 aromatic heterocycles. The van der Waals surface area contributed by atoms with Crippen LogP contribution in [0.1, 0.15) is 12.0 Å². The zero-order valence-electron chi connectivity index (χ0n) is 14.8. The highest BCUT2D eigenvalue weighted by Crippen LogP contribution is 2.35. The van der Waals surface area contributed by atoms with E-state index in [4.69, 9.17) is 9.47 Å². The molecule has 0 bridgehead atoms. The van der Waals surface area contributed by atoms with Crippen LogP contribution in [0.3, 0.4) is 0 Å². The van der Waals surface area contributed by atoms with Gasteiger partial charge in [0.05, 0.1) is 14.2 Å². The van der Waals surface area contributed by atoms with Gasteiger partial charge in [-0.25, -0.2) is 0 Å². The Labute approximate surface area is 152 Å². The summed E-state index contributed by atoms with van der Waals surface area (Å²) in [6, 6.07) is 4.21. The number of benzene rings is 1. The van der Waals surface area contributed by atoms with Gasteiger partial charge in [-0.15, -0.1) is 11.8 Å². The molecule has 1 saturated heterocycles. The molecule has 0 aliphatic carbocycles. The molecule has 1 atom stereocenters. The lowest BCUT2D eigenvalue weighted by molar-refractivity contribution is -0.130. The third-order valence-electron chi connectivity index (χ3n) is 4.04. The van der Waals surface area contributed by atoms with E-state index in [0.717, 1.165) is 28.5 Å². The Kier molecular flexibility index (Phi) is 7.58. The van der Waals surface area contributed by atoms with Gasteiger partial charge in [-0.1, -0.05) is 0 Å². The van der Waals surface area contributed by atoms with Crippen LogP contribution in [0.2, 0.25) is 0 Å². The Morgan fingerprint density at radius 1 is 1.38 bits per heavy atom. The van der Waals surface area contributed by atoms with Crippen LogP contribution in [0.4, 0.5) is 0 Å². The van der Waals surface area contributed by atoms with Crippen molar-refractivity contribution < 1.29 is 14.3 Å². The van der Waals surface area contributed by atoms with Crippen LogP contribution in [-0.2, 0) is 11.3 Å². The summed E-state index contributed by atoms with van der Waals surface area (Å²) in [5.41, 5.74) is 1.07. The van der Waals surface area contributed by atoms with Crippen molar-refractivity contribution in [2.75, 3.05) is 45.6 Å². The van der Waals surface area contributed by atoms with E-state index < -0.39 is 0 Å². The summed E-state index contributed by atoms with van der Waals surface area (Å²) in [5.74, 6) is 3.70. The lowest BCUT2D eigenvalue weighted by Crippen LogP contribution is -2.41. The normalized spacial score (nSPS) is 17.4. The molecular formula is C17H26N2O3S2. The largest absolute Gasteiger partial charge is 0.493 e. The van der Waals surface area contributed by atoms with Crippen molar-refractivity contribution in [3.8, 4) is 11.5 Å². The number of hydrogen-bond donors (Lipinski definition) is 1. The molecule has 24 heavy (non-hydrogen) atoms. The molecule has 1 aromatic rings. The molecule has 1 aliphatic heterocycles. The van der Waals surface area contributed by atoms with Crippen LogP contribution in [-0.4, -0.2) is 62.4 Å². The maximum atomic E-state index is 12.5. The van der Waals surface area contributed by atoms with E-state index in [1.54, 1.807) is 30.9 Å². The van der Waals surface area contributed by atoms with E-state index in [-0.39, 0.29) is 11.9 Å². The van der Waals surface area contributed by atoms with Gasteiger partial charge in [-0.3, -0.25) is 4.79 Å². The molecule has 0 radical (unpaired) electrons. The van der Waals surface area contributed by atoms with Crippen molar-refractivity contribution in [3.63, 3.8) is 0 Å². The number of hydrogen-bond acceptors (Lipinski definition) is 6. The lowest BCUT2D eigenvalue weighted by Gasteiger charge is -2.26. The SMILES string of the molecule is COc1cc(CN(C)C(=O)CC2CSCCN2)c(SC)cc1OC. The van der Waals surface area contributed by atoms with Gasteiger partial charge >= 0.3 is 0 Å². The van der Waals surface area contributed by atoms with Gasteiger partial charge < -0.3 is 19.7 Å². The molecule has 134 valence electrons. The zero-order chi connectivity index (χ0) is 17.5. The Morgan fingerprint density at radius 2 is 2.08 bits per heavy atom. The summed E-state index contributed by atoms with van der Waals surface area (Å²) >= 11 is 3.55. The van der Waals surface area contributed by atoms with Gasteiger partial charge in [0.25, 0.3) is 0 Å². The number of nitrogens with zero attached hydrogens (tertiary/aromatic N) is 1. The Morgan fingerprint density at radius 3 is 2.67 bits per heavy atom. The number of ether oxygens (including phenoxy) is 2. The number of methoxy groups -OCH3 is 2. The van der Waals surface area contributed by atoms with E-state index in [1.807, 2.05) is 37.2 Å². The highest BCUT2D eigenvalue weighted by Gasteiger charge is 2.20. The minimum atomic E-state index is 0.164. The lowest BCUT2D eigenvalue weighted by atomic mass is 10.1. The van der Waals surface area contributed by atoms with E-state index in [0.29, 0.717) is 24.5 Å². The van der Waals surface area contributed by atoms with Gasteiger partial charge in [0.1, 0.15) is 0 Å². The van der Waals surface area contributed by atoms with Crippen molar-refractivity contribution >= 4 is 29.4 Å². The predicted molar refractivity (Wildman–Crippen MR) is 102 cm³/mol. The van der Waals surface area contributed by atoms with Gasteiger partial charge in [-0.05, 0) is 24.0 Å². The zero-order valence-corrected chi connectivity index (χ0v) is 16.4. The Balaban J connectivity index is 2.06. The summed E-state index contributed by atoms with van der Waals surface area (Å²) in [4.78, 5) is 15.4. The number of amides is 1. The fraction of sp³-hybridized carbons (Fsp3) is 0.588. The number of thioether (sulfide) groups is 2. The summed E-state index contributed by atoms with van der Waals surface area (Å²) in [6.45, 7) is 1.55. The topological polar surface area (TPSA) is 50.8 Å². The molecular weight excluding hydrogens is 344 g/mol. The van der Waals surface area contributed by atoms with Gasteiger partial charge in [0.2, 0.25) is 5.91 Å². The first kappa shape index (κ1) is 19.3. The van der Waals surface area contributed by atoms with Crippen LogP contribution < -0.4 is 14.8 Å². The smallest absolute Gasteiger partial charge is 0.224 e. The summed E-state index contributed by atoms with van der Waals surface area (Å²) < 4.78 is 10.7. The molecule has 1 aromatic carbocycles. The molecule has 1 aliphatic rings. The van der Waals surface area contributed by atoms with Crippen LogP contribution in [0, 0.1) is 0 Å². The maximum absolute atomic E-state index is 12.5. The molecule has 0 spiro atoms. The highest BCUT2D eigenvalue weighted by molar-refractivity contribution is 7.99. The fourth-order valence-electron chi connectivity index (χ4n) is 2.68. The second kappa shape index (κ2) is 9.44. The summed E-state index contributed by atoms with van der Waals surface area (Å²) in [6.07, 6.45) is 2.57. The molecule has 7 heteroatoms. The Bertz CT molecular complexity index is 563. The number of carbonyl (C=O) groups is 1. The molecule has 1 heterocycles. The van der Waals surface area contributed by atoms with Crippen molar-refractivity contribution in [2.24, 2.45) is 0 Å². The second-order valence-corrected chi connectivity index (χ2v) is 7.70. The van der Waals surface area contributed by atoms with Crippen LogP contribution in [0.5, 0.6) is 11.5 Å². The number of rotatable bonds is 7. The van der Waals surface area contributed by atoms with E-state index >= 15 is 0 Å². The first-order chi connectivity index (χ1) is 11.6. The monoisotopic (exact) mass is 370 g/mol. The number of nitrogens with one attached hydrogen (secondary N) is 1. The average molecular weight is 371 g/mol. The van der Waals surface area contributed by atoms with Crippen molar-refractivity contribution in [2.45, 2.75) is 23.9 Å². The molecule has 2 rings (SSSR count). The van der Waals surface area contributed by atoms with Crippen LogP contribution >= 0.6 is 23.5 Å². The van der Waals surface area contributed by atoms with Crippen LogP contribution in [0.25, 0.3) is 0 Å². The third-order valence-corrected chi connectivity index (χ3v) is 5.99. The van der Waals surface area contributed by atoms with Crippen molar-refractivity contribution in [1.29, 1.82) is 0 Å². The quantitative estimate of drug-likeness (QED) is 0.744. The van der Waals surface area contributed by atoms with Gasteiger partial charge in [0, 0.05) is 49.0 Å².